The number of pyridine rings is 1. The van der Waals surface area contributed by atoms with E-state index in [2.05, 4.69) is 38.2 Å². The first-order valence-electron chi connectivity index (χ1n) is 7.59. The van der Waals surface area contributed by atoms with E-state index in [0.717, 1.165) is 42.0 Å². The molecule has 0 atom stereocenters. The van der Waals surface area contributed by atoms with Crippen molar-refractivity contribution in [1.82, 2.24) is 14.8 Å². The van der Waals surface area contributed by atoms with Crippen molar-refractivity contribution in [1.29, 1.82) is 0 Å². The van der Waals surface area contributed by atoms with Crippen LogP contribution in [0.3, 0.4) is 0 Å². The van der Waals surface area contributed by atoms with Crippen LogP contribution in [0.25, 0.3) is 0 Å². The van der Waals surface area contributed by atoms with E-state index in [4.69, 9.17) is 0 Å². The van der Waals surface area contributed by atoms with Crippen molar-refractivity contribution in [3.05, 3.63) is 52.8 Å². The molecule has 1 aliphatic rings. The lowest BCUT2D eigenvalue weighted by Crippen LogP contribution is -2.47. The van der Waals surface area contributed by atoms with Gasteiger partial charge in [-0.1, -0.05) is 12.1 Å². The molecule has 0 saturated carbocycles. The Kier molecular flexibility index (Phi) is 4.93. The number of rotatable bonds is 3. The highest BCUT2D eigenvalue weighted by Crippen LogP contribution is 2.25. The molecule has 2 heterocycles. The maximum Gasteiger partial charge on any atom is 0.272 e. The molecule has 0 unspecified atom stereocenters. The average molecular weight is 375 g/mol. The molecular formula is C17H19BrN4O. The van der Waals surface area contributed by atoms with Gasteiger partial charge < -0.3 is 15.1 Å². The first-order valence-corrected chi connectivity index (χ1v) is 8.38. The molecule has 5 nitrogen and oxygen atoms in total. The van der Waals surface area contributed by atoms with Crippen LogP contribution in [0.5, 0.6) is 0 Å². The summed E-state index contributed by atoms with van der Waals surface area (Å²) in [6.07, 6.45) is 1.67. The predicted molar refractivity (Wildman–Crippen MR) is 95.1 cm³/mol. The Bertz CT molecular complexity index is 698. The monoisotopic (exact) mass is 374 g/mol. The fourth-order valence-corrected chi connectivity index (χ4v) is 2.90. The van der Waals surface area contributed by atoms with Gasteiger partial charge in [0.25, 0.3) is 5.91 Å². The molecule has 1 saturated heterocycles. The highest BCUT2D eigenvalue weighted by Gasteiger charge is 2.21. The molecule has 0 aliphatic carbocycles. The van der Waals surface area contributed by atoms with Crippen molar-refractivity contribution < 1.29 is 4.79 Å². The number of nitrogens with zero attached hydrogens (tertiary/aromatic N) is 3. The van der Waals surface area contributed by atoms with Gasteiger partial charge in [0.05, 0.1) is 5.69 Å². The van der Waals surface area contributed by atoms with E-state index in [-0.39, 0.29) is 5.91 Å². The highest BCUT2D eigenvalue weighted by molar-refractivity contribution is 9.10. The van der Waals surface area contributed by atoms with Crippen molar-refractivity contribution in [2.75, 3.05) is 38.5 Å². The second-order valence-corrected chi connectivity index (χ2v) is 6.48. The number of carbonyl (C=O) groups is 1. The number of benzene rings is 1. The minimum Gasteiger partial charge on any atom is -0.354 e. The quantitative estimate of drug-likeness (QED) is 0.896. The van der Waals surface area contributed by atoms with Gasteiger partial charge in [-0.2, -0.15) is 0 Å². The van der Waals surface area contributed by atoms with Crippen molar-refractivity contribution in [2.24, 2.45) is 0 Å². The van der Waals surface area contributed by atoms with Gasteiger partial charge in [-0.15, -0.1) is 0 Å². The normalized spacial score (nSPS) is 15.5. The fourth-order valence-electron chi connectivity index (χ4n) is 2.51. The highest BCUT2D eigenvalue weighted by atomic mass is 79.9. The van der Waals surface area contributed by atoms with Crippen LogP contribution in [0.2, 0.25) is 0 Å². The molecule has 0 spiro atoms. The Morgan fingerprint density at radius 1 is 1.17 bits per heavy atom. The molecule has 0 bridgehead atoms. The smallest absolute Gasteiger partial charge is 0.272 e. The van der Waals surface area contributed by atoms with E-state index < -0.39 is 0 Å². The van der Waals surface area contributed by atoms with E-state index >= 15 is 0 Å². The summed E-state index contributed by atoms with van der Waals surface area (Å²) in [6.45, 7) is 3.30. The van der Waals surface area contributed by atoms with Crippen LogP contribution in [0.15, 0.2) is 47.1 Å². The number of hydrogen-bond acceptors (Lipinski definition) is 4. The van der Waals surface area contributed by atoms with Gasteiger partial charge in [0.1, 0.15) is 5.69 Å². The van der Waals surface area contributed by atoms with Gasteiger partial charge in [0.2, 0.25) is 0 Å². The largest absolute Gasteiger partial charge is 0.354 e. The number of amides is 1. The maximum atomic E-state index is 12.6. The molecule has 1 aliphatic heterocycles. The Morgan fingerprint density at radius 2 is 1.91 bits per heavy atom. The molecule has 1 aromatic carbocycles. The number of anilines is 2. The van der Waals surface area contributed by atoms with E-state index in [1.165, 1.54) is 0 Å². The lowest BCUT2D eigenvalue weighted by molar-refractivity contribution is 0.0658. The molecule has 0 radical (unpaired) electrons. The van der Waals surface area contributed by atoms with Gasteiger partial charge >= 0.3 is 0 Å². The van der Waals surface area contributed by atoms with Crippen molar-refractivity contribution >= 4 is 33.2 Å². The number of aromatic nitrogens is 1. The van der Waals surface area contributed by atoms with Crippen molar-refractivity contribution in [3.8, 4) is 0 Å². The van der Waals surface area contributed by atoms with Gasteiger partial charge in [-0.05, 0) is 47.2 Å². The number of carbonyl (C=O) groups excluding carboxylic acids is 1. The average Bonchev–Trinajstić information content (AvgIpc) is 2.57. The second kappa shape index (κ2) is 7.10. The molecule has 1 fully saturated rings. The molecule has 1 aromatic heterocycles. The third-order valence-corrected chi connectivity index (χ3v) is 4.61. The van der Waals surface area contributed by atoms with Crippen LogP contribution in [0.1, 0.15) is 10.5 Å². The van der Waals surface area contributed by atoms with E-state index in [1.54, 1.807) is 12.3 Å². The molecule has 120 valence electrons. The van der Waals surface area contributed by atoms with E-state index in [1.807, 2.05) is 35.2 Å². The minimum absolute atomic E-state index is 0.00567. The Labute approximate surface area is 144 Å². The lowest BCUT2D eigenvalue weighted by atomic mass is 10.2. The standard InChI is InChI=1S/C17H19BrN4O/c1-21-8-10-22(11-9-21)17(23)16-12-13(6-7-19-16)20-15-5-3-2-4-14(15)18/h2-7,12H,8-11H2,1H3,(H,19,20). The van der Waals surface area contributed by atoms with Crippen LogP contribution in [0, 0.1) is 0 Å². The first-order chi connectivity index (χ1) is 11.1. The molecule has 1 N–H and O–H groups in total. The third kappa shape index (κ3) is 3.89. The Morgan fingerprint density at radius 3 is 2.65 bits per heavy atom. The zero-order valence-corrected chi connectivity index (χ0v) is 14.6. The number of para-hydroxylation sites is 1. The number of halogens is 1. The summed E-state index contributed by atoms with van der Waals surface area (Å²) >= 11 is 3.51. The number of piperazine rings is 1. The van der Waals surface area contributed by atoms with Gasteiger partial charge in [-0.3, -0.25) is 9.78 Å². The summed E-state index contributed by atoms with van der Waals surface area (Å²) in [5, 5.41) is 3.31. The molecule has 6 heteroatoms. The fraction of sp³-hybridized carbons (Fsp3) is 0.294. The molecule has 23 heavy (non-hydrogen) atoms. The van der Waals surface area contributed by atoms with Gasteiger partial charge in [-0.25, -0.2) is 0 Å². The SMILES string of the molecule is CN1CCN(C(=O)c2cc(Nc3ccccc3Br)ccn2)CC1. The van der Waals surface area contributed by atoms with Crippen LogP contribution in [-0.4, -0.2) is 53.9 Å². The zero-order chi connectivity index (χ0) is 16.2. The first kappa shape index (κ1) is 16.0. The molecule has 1 amide bonds. The van der Waals surface area contributed by atoms with Crippen LogP contribution in [0.4, 0.5) is 11.4 Å². The maximum absolute atomic E-state index is 12.6. The van der Waals surface area contributed by atoms with Gasteiger partial charge in [0, 0.05) is 42.5 Å². The Balaban J connectivity index is 1.75. The summed E-state index contributed by atoms with van der Waals surface area (Å²) in [5.41, 5.74) is 2.28. The number of hydrogen-bond donors (Lipinski definition) is 1. The minimum atomic E-state index is -0.00567. The van der Waals surface area contributed by atoms with Gasteiger partial charge in [0.15, 0.2) is 0 Å². The Hall–Kier alpha value is -1.92. The topological polar surface area (TPSA) is 48.5 Å². The van der Waals surface area contributed by atoms with Crippen LogP contribution in [-0.2, 0) is 0 Å². The second-order valence-electron chi connectivity index (χ2n) is 5.63. The van der Waals surface area contributed by atoms with Crippen molar-refractivity contribution in [3.63, 3.8) is 0 Å². The molecular weight excluding hydrogens is 356 g/mol. The van der Waals surface area contributed by atoms with E-state index in [9.17, 15) is 4.79 Å². The zero-order valence-electron chi connectivity index (χ0n) is 13.0. The predicted octanol–water partition coefficient (Wildman–Crippen LogP) is 2.98. The van der Waals surface area contributed by atoms with Crippen molar-refractivity contribution in [2.45, 2.75) is 0 Å². The molecule has 3 rings (SSSR count). The summed E-state index contributed by atoms with van der Waals surface area (Å²) < 4.78 is 0.976. The number of nitrogens with one attached hydrogen (secondary N) is 1. The third-order valence-electron chi connectivity index (χ3n) is 3.92. The summed E-state index contributed by atoms with van der Waals surface area (Å²) in [7, 11) is 2.07. The van der Waals surface area contributed by atoms with E-state index in [0.29, 0.717) is 5.69 Å². The number of likely N-dealkylation sites (N-methyl/N-ethyl adjacent to an activating group) is 1. The van der Waals surface area contributed by atoms with Crippen LogP contribution < -0.4 is 5.32 Å². The molecule has 2 aromatic rings. The summed E-state index contributed by atoms with van der Waals surface area (Å²) in [5.74, 6) is -0.00567. The lowest BCUT2D eigenvalue weighted by Gasteiger charge is -2.32. The summed E-state index contributed by atoms with van der Waals surface area (Å²) in [4.78, 5) is 20.9. The van der Waals surface area contributed by atoms with Crippen LogP contribution >= 0.6 is 15.9 Å². The summed E-state index contributed by atoms with van der Waals surface area (Å²) in [6, 6.07) is 11.5.